The fraction of sp³-hybridized carbons (Fsp3) is 0.308. The second-order valence-electron chi connectivity index (χ2n) is 4.50. The standard InChI is InChI=1S/C13H12ClNO4S/c14-20(16,17)12-4-3-11(19-9-5-7-18-8-9)13-10(12)2-1-6-15-13/h1-4,6,9H,5,7-8H2. The summed E-state index contributed by atoms with van der Waals surface area (Å²) in [6.45, 7) is 1.20. The summed E-state index contributed by atoms with van der Waals surface area (Å²) in [6.07, 6.45) is 2.37. The molecule has 106 valence electrons. The summed E-state index contributed by atoms with van der Waals surface area (Å²) in [6, 6.07) is 6.35. The highest BCUT2D eigenvalue weighted by atomic mass is 35.7. The Labute approximate surface area is 120 Å². The number of benzene rings is 1. The highest BCUT2D eigenvalue weighted by Gasteiger charge is 2.21. The van der Waals surface area contributed by atoms with Gasteiger partial charge in [0.05, 0.1) is 18.1 Å². The normalized spacial score (nSPS) is 19.4. The molecular weight excluding hydrogens is 302 g/mol. The third-order valence-corrected chi connectivity index (χ3v) is 4.52. The van der Waals surface area contributed by atoms with Crippen LogP contribution in [0.25, 0.3) is 10.9 Å². The van der Waals surface area contributed by atoms with Gasteiger partial charge in [-0.2, -0.15) is 0 Å². The lowest BCUT2D eigenvalue weighted by atomic mass is 10.2. The van der Waals surface area contributed by atoms with E-state index in [1.165, 1.54) is 6.07 Å². The van der Waals surface area contributed by atoms with Gasteiger partial charge in [0, 0.05) is 28.7 Å². The van der Waals surface area contributed by atoms with Gasteiger partial charge < -0.3 is 9.47 Å². The van der Waals surface area contributed by atoms with E-state index >= 15 is 0 Å². The van der Waals surface area contributed by atoms with E-state index in [4.69, 9.17) is 20.2 Å². The fourth-order valence-corrected chi connectivity index (χ4v) is 3.28. The van der Waals surface area contributed by atoms with E-state index in [1.807, 2.05) is 0 Å². The Hall–Kier alpha value is -1.37. The van der Waals surface area contributed by atoms with Crippen LogP contribution in [0.4, 0.5) is 0 Å². The average molecular weight is 314 g/mol. The average Bonchev–Trinajstić information content (AvgIpc) is 2.90. The molecule has 0 bridgehead atoms. The summed E-state index contributed by atoms with van der Waals surface area (Å²) in [5, 5.41) is 0.457. The first kappa shape index (κ1) is 13.6. The van der Waals surface area contributed by atoms with E-state index in [9.17, 15) is 8.42 Å². The molecule has 1 fully saturated rings. The van der Waals surface area contributed by atoms with Crippen molar-refractivity contribution < 1.29 is 17.9 Å². The van der Waals surface area contributed by atoms with E-state index in [-0.39, 0.29) is 11.0 Å². The van der Waals surface area contributed by atoms with Crippen molar-refractivity contribution in [1.82, 2.24) is 4.98 Å². The first-order chi connectivity index (χ1) is 9.55. The van der Waals surface area contributed by atoms with E-state index in [1.54, 1.807) is 24.4 Å². The third-order valence-electron chi connectivity index (χ3n) is 3.14. The molecule has 0 amide bonds. The maximum atomic E-state index is 11.6. The molecule has 0 saturated carbocycles. The van der Waals surface area contributed by atoms with E-state index in [0.717, 1.165) is 6.42 Å². The molecule has 2 aromatic rings. The molecule has 5 nitrogen and oxygen atoms in total. The Balaban J connectivity index is 2.11. The summed E-state index contributed by atoms with van der Waals surface area (Å²) < 4.78 is 34.2. The molecule has 3 rings (SSSR count). The lowest BCUT2D eigenvalue weighted by Crippen LogP contribution is -2.16. The van der Waals surface area contributed by atoms with Gasteiger partial charge in [-0.05, 0) is 24.3 Å². The van der Waals surface area contributed by atoms with Crippen molar-refractivity contribution in [1.29, 1.82) is 0 Å². The molecule has 1 aliphatic rings. The maximum Gasteiger partial charge on any atom is 0.261 e. The van der Waals surface area contributed by atoms with E-state index in [0.29, 0.717) is 29.9 Å². The van der Waals surface area contributed by atoms with Crippen LogP contribution in [-0.2, 0) is 13.8 Å². The largest absolute Gasteiger partial charge is 0.486 e. The molecule has 0 aliphatic carbocycles. The van der Waals surface area contributed by atoms with Crippen LogP contribution in [0.3, 0.4) is 0 Å². The van der Waals surface area contributed by atoms with Gasteiger partial charge in [0.15, 0.2) is 0 Å². The van der Waals surface area contributed by atoms with Crippen molar-refractivity contribution in [3.63, 3.8) is 0 Å². The molecule has 1 aromatic heterocycles. The lowest BCUT2D eigenvalue weighted by molar-refractivity contribution is 0.142. The highest BCUT2D eigenvalue weighted by molar-refractivity contribution is 8.14. The number of ether oxygens (including phenoxy) is 2. The van der Waals surface area contributed by atoms with Gasteiger partial charge in [-0.15, -0.1) is 0 Å². The number of nitrogens with zero attached hydrogens (tertiary/aromatic N) is 1. The molecule has 0 radical (unpaired) electrons. The van der Waals surface area contributed by atoms with Gasteiger partial charge in [-0.3, -0.25) is 4.98 Å². The van der Waals surface area contributed by atoms with Crippen LogP contribution in [0.1, 0.15) is 6.42 Å². The minimum Gasteiger partial charge on any atom is -0.486 e. The smallest absolute Gasteiger partial charge is 0.261 e. The second-order valence-corrected chi connectivity index (χ2v) is 7.04. The minimum atomic E-state index is -3.82. The van der Waals surface area contributed by atoms with Crippen LogP contribution >= 0.6 is 10.7 Å². The molecule has 0 N–H and O–H groups in total. The Bertz CT molecular complexity index is 741. The number of fused-ring (bicyclic) bond motifs is 1. The molecule has 0 spiro atoms. The second kappa shape index (κ2) is 5.20. The van der Waals surface area contributed by atoms with Gasteiger partial charge in [0.25, 0.3) is 9.05 Å². The Morgan fingerprint density at radius 2 is 2.20 bits per heavy atom. The summed E-state index contributed by atoms with van der Waals surface area (Å²) in [4.78, 5) is 4.25. The monoisotopic (exact) mass is 313 g/mol. The van der Waals surface area contributed by atoms with Gasteiger partial charge >= 0.3 is 0 Å². The maximum absolute atomic E-state index is 11.6. The van der Waals surface area contributed by atoms with Gasteiger partial charge in [-0.1, -0.05) is 0 Å². The van der Waals surface area contributed by atoms with Crippen LogP contribution in [0.2, 0.25) is 0 Å². The van der Waals surface area contributed by atoms with Crippen molar-refractivity contribution in [2.75, 3.05) is 13.2 Å². The van der Waals surface area contributed by atoms with Crippen LogP contribution in [0, 0.1) is 0 Å². The van der Waals surface area contributed by atoms with Crippen molar-refractivity contribution in [2.24, 2.45) is 0 Å². The van der Waals surface area contributed by atoms with E-state index < -0.39 is 9.05 Å². The molecular formula is C13H12ClNO4S. The summed E-state index contributed by atoms with van der Waals surface area (Å²) in [5.74, 6) is 0.542. The Morgan fingerprint density at radius 3 is 2.90 bits per heavy atom. The molecule has 20 heavy (non-hydrogen) atoms. The van der Waals surface area contributed by atoms with Crippen LogP contribution in [0.5, 0.6) is 5.75 Å². The molecule has 1 aromatic carbocycles. The van der Waals surface area contributed by atoms with Crippen LogP contribution in [-0.4, -0.2) is 32.7 Å². The van der Waals surface area contributed by atoms with Crippen molar-refractivity contribution >= 4 is 30.6 Å². The third kappa shape index (κ3) is 2.59. The zero-order valence-electron chi connectivity index (χ0n) is 10.5. The van der Waals surface area contributed by atoms with Gasteiger partial charge in [0.1, 0.15) is 17.4 Å². The minimum absolute atomic E-state index is 0.0290. The number of rotatable bonds is 3. The van der Waals surface area contributed by atoms with Gasteiger partial charge in [0.2, 0.25) is 0 Å². The molecule has 1 unspecified atom stereocenters. The molecule has 7 heteroatoms. The summed E-state index contributed by atoms with van der Waals surface area (Å²) >= 11 is 0. The lowest BCUT2D eigenvalue weighted by Gasteiger charge is -2.14. The topological polar surface area (TPSA) is 65.5 Å². The number of hydrogen-bond acceptors (Lipinski definition) is 5. The van der Waals surface area contributed by atoms with Gasteiger partial charge in [-0.25, -0.2) is 8.42 Å². The summed E-state index contributed by atoms with van der Waals surface area (Å²) in [7, 11) is 1.62. The molecule has 2 heterocycles. The van der Waals surface area contributed by atoms with Crippen molar-refractivity contribution in [3.8, 4) is 5.75 Å². The Kier molecular flexibility index (Phi) is 3.54. The molecule has 1 saturated heterocycles. The highest BCUT2D eigenvalue weighted by Crippen LogP contribution is 2.32. The molecule has 1 atom stereocenters. The number of pyridine rings is 1. The zero-order valence-corrected chi connectivity index (χ0v) is 12.0. The predicted octanol–water partition coefficient (Wildman–Crippen LogP) is 2.33. The number of halogens is 1. The van der Waals surface area contributed by atoms with E-state index in [2.05, 4.69) is 4.98 Å². The number of hydrogen-bond donors (Lipinski definition) is 0. The quantitative estimate of drug-likeness (QED) is 0.814. The Morgan fingerprint density at radius 1 is 1.35 bits per heavy atom. The fourth-order valence-electron chi connectivity index (χ4n) is 2.21. The van der Waals surface area contributed by atoms with Crippen molar-refractivity contribution in [3.05, 3.63) is 30.5 Å². The van der Waals surface area contributed by atoms with Crippen LogP contribution in [0.15, 0.2) is 35.4 Å². The first-order valence-electron chi connectivity index (χ1n) is 6.12. The predicted molar refractivity (Wildman–Crippen MR) is 74.6 cm³/mol. The van der Waals surface area contributed by atoms with Crippen LogP contribution < -0.4 is 4.74 Å². The summed E-state index contributed by atoms with van der Waals surface area (Å²) in [5.41, 5.74) is 0.487. The molecule has 1 aliphatic heterocycles. The van der Waals surface area contributed by atoms with Crippen molar-refractivity contribution in [2.45, 2.75) is 17.4 Å². The number of aromatic nitrogens is 1. The SMILES string of the molecule is O=S(=O)(Cl)c1ccc(OC2CCOC2)c2ncccc12. The zero-order chi connectivity index (χ0) is 14.2. The first-order valence-corrected chi connectivity index (χ1v) is 8.43.